The van der Waals surface area contributed by atoms with Gasteiger partial charge in [0.2, 0.25) is 0 Å². The molecular weight excluding hydrogens is 415 g/mol. The molecule has 1 unspecified atom stereocenters. The minimum Gasteiger partial charge on any atom is -0.497 e. The molecule has 0 aliphatic heterocycles. The standard InChI is InChI=1S/C22H18Cl2O5/c1-13(29-21-8-6-17(23)11-19(21)24)22(26)28-12-20(25)16-4-3-15-10-18(27-2)7-5-14(15)9-16/h3-11,13H,12H2,1-2H3. The van der Waals surface area contributed by atoms with Crippen LogP contribution in [0.3, 0.4) is 0 Å². The Labute approximate surface area is 178 Å². The first-order chi connectivity index (χ1) is 13.9. The van der Waals surface area contributed by atoms with E-state index in [0.29, 0.717) is 16.3 Å². The highest BCUT2D eigenvalue weighted by Crippen LogP contribution is 2.28. The summed E-state index contributed by atoms with van der Waals surface area (Å²) >= 11 is 11.9. The molecule has 7 heteroatoms. The molecule has 5 nitrogen and oxygen atoms in total. The number of halogens is 2. The quantitative estimate of drug-likeness (QED) is 0.372. The normalized spacial score (nSPS) is 11.7. The Balaban J connectivity index is 1.60. The lowest BCUT2D eigenvalue weighted by Gasteiger charge is -2.15. The van der Waals surface area contributed by atoms with E-state index in [1.165, 1.54) is 13.0 Å². The second-order valence-electron chi connectivity index (χ2n) is 6.29. The van der Waals surface area contributed by atoms with E-state index < -0.39 is 12.1 Å². The van der Waals surface area contributed by atoms with E-state index in [1.54, 1.807) is 31.4 Å². The topological polar surface area (TPSA) is 61.8 Å². The molecule has 3 aromatic rings. The fourth-order valence-electron chi connectivity index (χ4n) is 2.67. The third-order valence-electron chi connectivity index (χ3n) is 4.24. The van der Waals surface area contributed by atoms with Gasteiger partial charge in [-0.05, 0) is 54.1 Å². The van der Waals surface area contributed by atoms with Crippen molar-refractivity contribution in [2.45, 2.75) is 13.0 Å². The smallest absolute Gasteiger partial charge is 0.347 e. The van der Waals surface area contributed by atoms with Crippen LogP contribution in [0.2, 0.25) is 10.0 Å². The Morgan fingerprint density at radius 3 is 2.41 bits per heavy atom. The van der Waals surface area contributed by atoms with Gasteiger partial charge in [-0.1, -0.05) is 41.4 Å². The Hall–Kier alpha value is -2.76. The van der Waals surface area contributed by atoms with Crippen LogP contribution in [0, 0.1) is 0 Å². The monoisotopic (exact) mass is 432 g/mol. The number of carbonyl (C=O) groups excluding carboxylic acids is 2. The fraction of sp³-hybridized carbons (Fsp3) is 0.182. The molecule has 1 atom stereocenters. The van der Waals surface area contributed by atoms with Gasteiger partial charge in [0, 0.05) is 10.6 Å². The van der Waals surface area contributed by atoms with Crippen molar-refractivity contribution in [1.29, 1.82) is 0 Å². The summed E-state index contributed by atoms with van der Waals surface area (Å²) in [6.45, 7) is 1.13. The van der Waals surface area contributed by atoms with Gasteiger partial charge in [-0.15, -0.1) is 0 Å². The third-order valence-corrected chi connectivity index (χ3v) is 4.77. The van der Waals surface area contributed by atoms with Crippen molar-refractivity contribution in [3.63, 3.8) is 0 Å². The van der Waals surface area contributed by atoms with E-state index in [-0.39, 0.29) is 17.4 Å². The molecule has 29 heavy (non-hydrogen) atoms. The van der Waals surface area contributed by atoms with Crippen LogP contribution in [0.5, 0.6) is 11.5 Å². The maximum absolute atomic E-state index is 12.4. The molecule has 0 radical (unpaired) electrons. The molecule has 0 amide bonds. The summed E-state index contributed by atoms with van der Waals surface area (Å²) in [4.78, 5) is 24.6. The van der Waals surface area contributed by atoms with Crippen molar-refractivity contribution in [1.82, 2.24) is 0 Å². The maximum Gasteiger partial charge on any atom is 0.347 e. The van der Waals surface area contributed by atoms with Gasteiger partial charge >= 0.3 is 5.97 Å². The number of Topliss-reactive ketones (excluding diaryl/α,β-unsaturated/α-hetero) is 1. The summed E-state index contributed by atoms with van der Waals surface area (Å²) in [6, 6.07) is 15.5. The van der Waals surface area contributed by atoms with Gasteiger partial charge in [0.05, 0.1) is 12.1 Å². The number of rotatable bonds is 7. The van der Waals surface area contributed by atoms with Crippen LogP contribution >= 0.6 is 23.2 Å². The minimum atomic E-state index is -0.939. The lowest BCUT2D eigenvalue weighted by molar-refractivity contribution is -0.149. The minimum absolute atomic E-state index is 0.279. The van der Waals surface area contributed by atoms with E-state index in [4.69, 9.17) is 37.4 Å². The van der Waals surface area contributed by atoms with Gasteiger partial charge in [0.15, 0.2) is 18.5 Å². The lowest BCUT2D eigenvalue weighted by atomic mass is 10.0. The maximum atomic E-state index is 12.4. The molecule has 3 aromatic carbocycles. The summed E-state index contributed by atoms with van der Waals surface area (Å²) in [7, 11) is 1.60. The number of ether oxygens (including phenoxy) is 3. The van der Waals surface area contributed by atoms with Gasteiger partial charge in [-0.2, -0.15) is 0 Å². The van der Waals surface area contributed by atoms with Crippen molar-refractivity contribution < 1.29 is 23.8 Å². The number of carbonyl (C=O) groups is 2. The summed E-state index contributed by atoms with van der Waals surface area (Å²) in [5.41, 5.74) is 0.449. The predicted octanol–water partition coefficient (Wildman–Crippen LogP) is 5.35. The first-order valence-electron chi connectivity index (χ1n) is 8.76. The number of fused-ring (bicyclic) bond motifs is 1. The molecular formula is C22H18Cl2O5. The Bertz CT molecular complexity index is 1060. The second kappa shape index (κ2) is 9.16. The van der Waals surface area contributed by atoms with Crippen LogP contribution in [-0.4, -0.2) is 31.6 Å². The molecule has 0 N–H and O–H groups in total. The molecule has 150 valence electrons. The molecule has 0 saturated heterocycles. The van der Waals surface area contributed by atoms with Gasteiger partial charge in [-0.3, -0.25) is 4.79 Å². The Morgan fingerprint density at radius 1 is 0.966 bits per heavy atom. The van der Waals surface area contributed by atoms with Crippen LogP contribution in [0.1, 0.15) is 17.3 Å². The molecule has 0 saturated carbocycles. The van der Waals surface area contributed by atoms with Crippen molar-refractivity contribution >= 4 is 45.7 Å². The van der Waals surface area contributed by atoms with Crippen molar-refractivity contribution in [2.24, 2.45) is 0 Å². The fourth-order valence-corrected chi connectivity index (χ4v) is 3.12. The van der Waals surface area contributed by atoms with Gasteiger partial charge < -0.3 is 14.2 Å². The number of esters is 1. The first kappa shape index (κ1) is 21.0. The van der Waals surface area contributed by atoms with Crippen LogP contribution in [-0.2, 0) is 9.53 Å². The second-order valence-corrected chi connectivity index (χ2v) is 7.14. The average molecular weight is 433 g/mol. The van der Waals surface area contributed by atoms with Gasteiger partial charge in [0.1, 0.15) is 11.5 Å². The molecule has 0 heterocycles. The van der Waals surface area contributed by atoms with E-state index in [1.807, 2.05) is 24.3 Å². The number of hydrogen-bond donors (Lipinski definition) is 0. The summed E-state index contributed by atoms with van der Waals surface area (Å²) in [6.07, 6.45) is -0.939. The number of benzene rings is 3. The average Bonchev–Trinajstić information content (AvgIpc) is 2.72. The van der Waals surface area contributed by atoms with Crippen LogP contribution < -0.4 is 9.47 Å². The zero-order chi connectivity index (χ0) is 21.0. The Kier molecular flexibility index (Phi) is 6.62. The first-order valence-corrected chi connectivity index (χ1v) is 9.52. The summed E-state index contributed by atoms with van der Waals surface area (Å²) in [5, 5.41) is 2.56. The number of ketones is 1. The zero-order valence-electron chi connectivity index (χ0n) is 15.8. The SMILES string of the molecule is COc1ccc2cc(C(=O)COC(=O)C(C)Oc3ccc(Cl)cc3Cl)ccc2c1. The predicted molar refractivity (Wildman–Crippen MR) is 112 cm³/mol. The molecule has 0 aliphatic carbocycles. The third kappa shape index (κ3) is 5.19. The molecule has 0 spiro atoms. The van der Waals surface area contributed by atoms with E-state index in [9.17, 15) is 9.59 Å². The molecule has 3 rings (SSSR count). The summed E-state index contributed by atoms with van der Waals surface area (Å²) in [5.74, 6) is 0.0553. The summed E-state index contributed by atoms with van der Waals surface area (Å²) < 4.78 is 15.8. The molecule has 0 aromatic heterocycles. The number of methoxy groups -OCH3 is 1. The van der Waals surface area contributed by atoms with Crippen molar-refractivity contribution in [3.8, 4) is 11.5 Å². The van der Waals surface area contributed by atoms with Gasteiger partial charge in [-0.25, -0.2) is 4.79 Å². The lowest BCUT2D eigenvalue weighted by Crippen LogP contribution is -2.28. The number of hydrogen-bond acceptors (Lipinski definition) is 5. The van der Waals surface area contributed by atoms with Crippen molar-refractivity contribution in [3.05, 3.63) is 70.2 Å². The largest absolute Gasteiger partial charge is 0.497 e. The Morgan fingerprint density at radius 2 is 1.69 bits per heavy atom. The van der Waals surface area contributed by atoms with E-state index >= 15 is 0 Å². The van der Waals surface area contributed by atoms with Crippen LogP contribution in [0.15, 0.2) is 54.6 Å². The molecule has 0 fully saturated rings. The van der Waals surface area contributed by atoms with Gasteiger partial charge in [0.25, 0.3) is 0 Å². The van der Waals surface area contributed by atoms with Crippen LogP contribution in [0.25, 0.3) is 10.8 Å². The molecule has 0 aliphatic rings. The van der Waals surface area contributed by atoms with Crippen LogP contribution in [0.4, 0.5) is 0 Å². The molecule has 0 bridgehead atoms. The highest BCUT2D eigenvalue weighted by molar-refractivity contribution is 6.35. The zero-order valence-corrected chi connectivity index (χ0v) is 17.3. The van der Waals surface area contributed by atoms with E-state index in [2.05, 4.69) is 0 Å². The van der Waals surface area contributed by atoms with Crippen molar-refractivity contribution in [2.75, 3.05) is 13.7 Å². The highest BCUT2D eigenvalue weighted by Gasteiger charge is 2.19. The van der Waals surface area contributed by atoms with E-state index in [0.717, 1.165) is 16.5 Å². The highest BCUT2D eigenvalue weighted by atomic mass is 35.5.